The molecular weight excluding hydrogens is 260 g/mol. The Morgan fingerprint density at radius 2 is 2.24 bits per heavy atom. The van der Waals surface area contributed by atoms with Gasteiger partial charge >= 0.3 is 0 Å². The predicted molar refractivity (Wildman–Crippen MR) is 67.1 cm³/mol. The molecular formula is C11H16O4S2. The number of methoxy groups -OCH3 is 1. The Morgan fingerprint density at radius 3 is 2.71 bits per heavy atom. The molecule has 0 aliphatic rings. The zero-order valence-corrected chi connectivity index (χ0v) is 11.5. The average Bonchev–Trinajstić information content (AvgIpc) is 2.77. The van der Waals surface area contributed by atoms with Crippen LogP contribution in [0.5, 0.6) is 0 Å². The highest BCUT2D eigenvalue weighted by atomic mass is 32.2. The minimum Gasteiger partial charge on any atom is -0.381 e. The Hall–Kier alpha value is -0.720. The van der Waals surface area contributed by atoms with Crippen LogP contribution in [0.15, 0.2) is 21.7 Å². The molecule has 0 fully saturated rings. The Kier molecular flexibility index (Phi) is 5.30. The fraction of sp³-hybridized carbons (Fsp3) is 0.545. The molecule has 0 aliphatic heterocycles. The van der Waals surface area contributed by atoms with Gasteiger partial charge in [-0.25, -0.2) is 8.42 Å². The SMILES string of the molecule is COC(CCS(=O)(=O)c1cccs1)CC(C)=O. The van der Waals surface area contributed by atoms with Crippen molar-refractivity contribution in [1.82, 2.24) is 0 Å². The third kappa shape index (κ3) is 4.57. The van der Waals surface area contributed by atoms with Crippen LogP contribution in [0.4, 0.5) is 0 Å². The summed E-state index contributed by atoms with van der Waals surface area (Å²) in [5.41, 5.74) is 0. The van der Waals surface area contributed by atoms with Crippen molar-refractivity contribution in [2.24, 2.45) is 0 Å². The first-order chi connectivity index (χ1) is 7.95. The van der Waals surface area contributed by atoms with Gasteiger partial charge in [-0.2, -0.15) is 0 Å². The maximum atomic E-state index is 11.9. The Balaban J connectivity index is 2.57. The lowest BCUT2D eigenvalue weighted by molar-refractivity contribution is -0.119. The van der Waals surface area contributed by atoms with Gasteiger partial charge in [0.1, 0.15) is 9.99 Å². The molecule has 0 bridgehead atoms. The second-order valence-electron chi connectivity index (χ2n) is 3.80. The number of Topliss-reactive ketones (excluding diaryl/α,β-unsaturated/α-hetero) is 1. The first-order valence-corrected chi connectivity index (χ1v) is 7.77. The smallest absolute Gasteiger partial charge is 0.187 e. The molecule has 0 N–H and O–H groups in total. The third-order valence-corrected chi connectivity index (χ3v) is 5.59. The van der Waals surface area contributed by atoms with E-state index in [1.165, 1.54) is 25.4 Å². The minimum absolute atomic E-state index is 0.00497. The van der Waals surface area contributed by atoms with E-state index in [2.05, 4.69) is 0 Å². The normalized spacial score (nSPS) is 13.5. The number of hydrogen-bond acceptors (Lipinski definition) is 5. The molecule has 0 radical (unpaired) electrons. The van der Waals surface area contributed by atoms with Crippen molar-refractivity contribution in [2.45, 2.75) is 30.1 Å². The number of hydrogen-bond donors (Lipinski definition) is 0. The van der Waals surface area contributed by atoms with Crippen LogP contribution in [-0.4, -0.2) is 33.2 Å². The molecule has 1 aromatic heterocycles. The maximum Gasteiger partial charge on any atom is 0.187 e. The molecule has 1 unspecified atom stereocenters. The zero-order chi connectivity index (χ0) is 12.9. The first kappa shape index (κ1) is 14.3. The first-order valence-electron chi connectivity index (χ1n) is 5.24. The summed E-state index contributed by atoms with van der Waals surface area (Å²) in [6, 6.07) is 3.30. The number of ketones is 1. The van der Waals surface area contributed by atoms with Gasteiger partial charge in [-0.1, -0.05) is 6.07 Å². The monoisotopic (exact) mass is 276 g/mol. The molecule has 0 aromatic carbocycles. The van der Waals surface area contributed by atoms with E-state index in [9.17, 15) is 13.2 Å². The molecule has 1 rings (SSSR count). The van der Waals surface area contributed by atoms with Crippen molar-refractivity contribution < 1.29 is 17.9 Å². The highest BCUT2D eigenvalue weighted by molar-refractivity contribution is 7.93. The fourth-order valence-corrected chi connectivity index (χ4v) is 3.96. The molecule has 0 saturated heterocycles. The van der Waals surface area contributed by atoms with Crippen molar-refractivity contribution in [2.75, 3.05) is 12.9 Å². The standard InChI is InChI=1S/C11H16O4S2/c1-9(12)8-10(15-2)5-7-17(13,14)11-4-3-6-16-11/h3-4,6,10H,5,7-8H2,1-2H3. The molecule has 0 spiro atoms. The van der Waals surface area contributed by atoms with E-state index in [0.29, 0.717) is 10.6 Å². The number of rotatable bonds is 7. The lowest BCUT2D eigenvalue weighted by Crippen LogP contribution is -2.19. The van der Waals surface area contributed by atoms with Crippen molar-refractivity contribution in [3.05, 3.63) is 17.5 Å². The number of ether oxygens (including phenoxy) is 1. The van der Waals surface area contributed by atoms with Gasteiger partial charge in [0.25, 0.3) is 0 Å². The second kappa shape index (κ2) is 6.28. The second-order valence-corrected chi connectivity index (χ2v) is 7.09. The molecule has 4 nitrogen and oxygen atoms in total. The van der Waals surface area contributed by atoms with Crippen LogP contribution in [0.1, 0.15) is 19.8 Å². The number of sulfone groups is 1. The Morgan fingerprint density at radius 1 is 1.53 bits per heavy atom. The zero-order valence-electron chi connectivity index (χ0n) is 9.88. The van der Waals surface area contributed by atoms with Gasteiger partial charge in [0, 0.05) is 13.5 Å². The van der Waals surface area contributed by atoms with Gasteiger partial charge in [-0.05, 0) is 24.8 Å². The molecule has 1 aromatic rings. The van der Waals surface area contributed by atoms with E-state index >= 15 is 0 Å². The van der Waals surface area contributed by atoms with Crippen LogP contribution in [0.25, 0.3) is 0 Å². The third-order valence-electron chi connectivity index (χ3n) is 2.36. The van der Waals surface area contributed by atoms with Crippen LogP contribution in [0, 0.1) is 0 Å². The summed E-state index contributed by atoms with van der Waals surface area (Å²) in [5, 5.41) is 1.73. The molecule has 0 aliphatic carbocycles. The molecule has 1 heterocycles. The molecule has 0 amide bonds. The summed E-state index contributed by atoms with van der Waals surface area (Å²) in [7, 11) is -1.74. The molecule has 17 heavy (non-hydrogen) atoms. The van der Waals surface area contributed by atoms with Crippen molar-refractivity contribution in [3.63, 3.8) is 0 Å². The van der Waals surface area contributed by atoms with Gasteiger partial charge in [-0.15, -0.1) is 11.3 Å². The van der Waals surface area contributed by atoms with Gasteiger partial charge in [-0.3, -0.25) is 4.79 Å². The minimum atomic E-state index is -3.23. The van der Waals surface area contributed by atoms with Crippen molar-refractivity contribution in [1.29, 1.82) is 0 Å². The molecule has 0 saturated carbocycles. The van der Waals surface area contributed by atoms with E-state index < -0.39 is 9.84 Å². The van der Waals surface area contributed by atoms with E-state index in [1.54, 1.807) is 17.5 Å². The maximum absolute atomic E-state index is 11.9. The fourth-order valence-electron chi connectivity index (χ4n) is 1.45. The van der Waals surface area contributed by atoms with Gasteiger partial charge in [0.05, 0.1) is 11.9 Å². The predicted octanol–water partition coefficient (Wildman–Crippen LogP) is 1.91. The summed E-state index contributed by atoms with van der Waals surface area (Å²) in [6.45, 7) is 1.47. The van der Waals surface area contributed by atoms with E-state index in [0.717, 1.165) is 0 Å². The molecule has 6 heteroatoms. The number of thiophene rings is 1. The van der Waals surface area contributed by atoms with E-state index in [-0.39, 0.29) is 24.1 Å². The van der Waals surface area contributed by atoms with Crippen LogP contribution in [0.2, 0.25) is 0 Å². The molecule has 1 atom stereocenters. The van der Waals surface area contributed by atoms with E-state index in [1.807, 2.05) is 0 Å². The summed E-state index contributed by atoms with van der Waals surface area (Å²) >= 11 is 1.21. The number of carbonyl (C=O) groups excluding carboxylic acids is 1. The Labute approximate surface area is 106 Å². The largest absolute Gasteiger partial charge is 0.381 e. The highest BCUT2D eigenvalue weighted by Crippen LogP contribution is 2.19. The number of carbonyl (C=O) groups is 1. The van der Waals surface area contributed by atoms with E-state index in [4.69, 9.17) is 4.74 Å². The van der Waals surface area contributed by atoms with Crippen LogP contribution in [-0.2, 0) is 19.4 Å². The van der Waals surface area contributed by atoms with Gasteiger partial charge in [0.15, 0.2) is 9.84 Å². The Bertz CT molecular complexity index is 448. The summed E-state index contributed by atoms with van der Waals surface area (Å²) in [5.74, 6) is 0.0182. The molecule has 96 valence electrons. The van der Waals surface area contributed by atoms with Crippen LogP contribution in [0.3, 0.4) is 0 Å². The summed E-state index contributed by atoms with van der Waals surface area (Å²) < 4.78 is 29.2. The highest BCUT2D eigenvalue weighted by Gasteiger charge is 2.19. The van der Waals surface area contributed by atoms with Crippen molar-refractivity contribution in [3.8, 4) is 0 Å². The summed E-state index contributed by atoms with van der Waals surface area (Å²) in [6.07, 6.45) is 0.287. The lowest BCUT2D eigenvalue weighted by atomic mass is 10.1. The van der Waals surface area contributed by atoms with Gasteiger partial charge < -0.3 is 4.74 Å². The quantitative estimate of drug-likeness (QED) is 0.763. The van der Waals surface area contributed by atoms with Gasteiger partial charge in [0.2, 0.25) is 0 Å². The van der Waals surface area contributed by atoms with Crippen LogP contribution >= 0.6 is 11.3 Å². The summed E-state index contributed by atoms with van der Waals surface area (Å²) in [4.78, 5) is 10.9. The van der Waals surface area contributed by atoms with Crippen LogP contribution < -0.4 is 0 Å². The topological polar surface area (TPSA) is 60.4 Å². The van der Waals surface area contributed by atoms with Crippen molar-refractivity contribution >= 4 is 27.0 Å². The lowest BCUT2D eigenvalue weighted by Gasteiger charge is -2.13. The average molecular weight is 276 g/mol.